The Morgan fingerprint density at radius 3 is 2.27 bits per heavy atom. The lowest BCUT2D eigenvalue weighted by Gasteiger charge is -2.37. The Kier molecular flexibility index (Phi) is 8.88. The summed E-state index contributed by atoms with van der Waals surface area (Å²) in [7, 11) is 3.12. The van der Waals surface area contributed by atoms with E-state index in [2.05, 4.69) is 15.9 Å². The molecule has 1 aliphatic heterocycles. The molecule has 5 rings (SSSR count). The topological polar surface area (TPSA) is 83.4 Å². The van der Waals surface area contributed by atoms with E-state index in [-0.39, 0.29) is 24.9 Å². The Bertz CT molecular complexity index is 1480. The molecule has 3 aromatic carbocycles. The molecule has 1 heterocycles. The molecule has 2 aliphatic rings. The smallest absolute Gasteiger partial charge is 0.315 e. The van der Waals surface area contributed by atoms with Crippen LogP contribution in [0, 0.1) is 5.92 Å². The number of para-hydroxylation sites is 1. The van der Waals surface area contributed by atoms with Crippen LogP contribution in [0.1, 0.15) is 42.7 Å². The number of esters is 1. The molecular weight excluding hydrogens is 586 g/mol. The average molecular weight is 619 g/mol. The van der Waals surface area contributed by atoms with Crippen LogP contribution in [0.25, 0.3) is 0 Å². The fourth-order valence-corrected chi connectivity index (χ4v) is 6.25. The number of Topliss-reactive ketones (excluding diaryl/α,β-unsaturated/α-hetero) is 1. The van der Waals surface area contributed by atoms with Gasteiger partial charge in [0.05, 0.1) is 14.2 Å². The summed E-state index contributed by atoms with van der Waals surface area (Å²) in [5.74, 6) is -0.127. The molecule has 41 heavy (non-hydrogen) atoms. The molecule has 0 N–H and O–H groups in total. The molecular formula is C33H32BrNO6. The minimum atomic E-state index is -0.794. The zero-order valence-electron chi connectivity index (χ0n) is 23.3. The number of rotatable bonds is 9. The summed E-state index contributed by atoms with van der Waals surface area (Å²) in [6, 6.07) is 23.0. The molecule has 0 fully saturated rings. The summed E-state index contributed by atoms with van der Waals surface area (Å²) >= 11 is 3.68. The molecule has 0 aromatic heterocycles. The van der Waals surface area contributed by atoms with Crippen molar-refractivity contribution < 1.29 is 28.5 Å². The fourth-order valence-electron chi connectivity index (χ4n) is 5.68. The van der Waals surface area contributed by atoms with Crippen LogP contribution < -0.4 is 14.2 Å². The van der Waals surface area contributed by atoms with Gasteiger partial charge >= 0.3 is 5.97 Å². The molecule has 0 amide bonds. The van der Waals surface area contributed by atoms with Crippen molar-refractivity contribution in [3.8, 4) is 17.2 Å². The van der Waals surface area contributed by atoms with Gasteiger partial charge in [0.2, 0.25) is 0 Å². The number of methoxy groups -OCH3 is 2. The van der Waals surface area contributed by atoms with Gasteiger partial charge in [0.25, 0.3) is 0 Å². The molecule has 212 valence electrons. The summed E-state index contributed by atoms with van der Waals surface area (Å²) < 4.78 is 23.2. The van der Waals surface area contributed by atoms with Gasteiger partial charge in [0.15, 0.2) is 17.3 Å². The summed E-state index contributed by atoms with van der Waals surface area (Å²) in [6.45, 7) is 2.09. The van der Waals surface area contributed by atoms with E-state index in [0.29, 0.717) is 45.8 Å². The van der Waals surface area contributed by atoms with Crippen molar-refractivity contribution in [1.29, 1.82) is 0 Å². The number of halogens is 1. The second-order valence-electron chi connectivity index (χ2n) is 10.1. The van der Waals surface area contributed by atoms with E-state index in [1.54, 1.807) is 20.3 Å². The molecule has 0 saturated carbocycles. The van der Waals surface area contributed by atoms with Crippen molar-refractivity contribution in [2.45, 2.75) is 31.6 Å². The van der Waals surface area contributed by atoms with E-state index in [0.717, 1.165) is 16.8 Å². The highest BCUT2D eigenvalue weighted by Crippen LogP contribution is 2.49. The first-order chi connectivity index (χ1) is 19.9. The number of ether oxygens (including phenoxy) is 4. The second-order valence-corrected chi connectivity index (χ2v) is 10.9. The molecule has 1 aliphatic carbocycles. The van der Waals surface area contributed by atoms with Gasteiger partial charge in [-0.2, -0.15) is 0 Å². The number of carbonyl (C=O) groups excluding carboxylic acids is 2. The highest BCUT2D eigenvalue weighted by molar-refractivity contribution is 9.10. The van der Waals surface area contributed by atoms with Gasteiger partial charge in [-0.1, -0.05) is 64.5 Å². The number of hydrogen-bond acceptors (Lipinski definition) is 7. The van der Waals surface area contributed by atoms with Gasteiger partial charge in [-0.25, -0.2) is 0 Å². The lowest BCUT2D eigenvalue weighted by Crippen LogP contribution is -2.38. The highest BCUT2D eigenvalue weighted by atomic mass is 79.9. The SMILES string of the molecule is COc1cc(Br)c([C@H]2C3=C(C[C@@H](c4ccccc4)CC3=O)N=C(C)C2C(=O)OCCOc2ccccc2)cc1OC. The van der Waals surface area contributed by atoms with Crippen molar-refractivity contribution in [2.24, 2.45) is 10.9 Å². The van der Waals surface area contributed by atoms with Crippen LogP contribution in [-0.2, 0) is 14.3 Å². The first kappa shape index (κ1) is 28.6. The lowest BCUT2D eigenvalue weighted by molar-refractivity contribution is -0.147. The van der Waals surface area contributed by atoms with Crippen LogP contribution >= 0.6 is 15.9 Å². The molecule has 8 heteroatoms. The number of nitrogens with zero attached hydrogens (tertiary/aromatic N) is 1. The minimum absolute atomic E-state index is 0.0201. The normalized spacial score (nSPS) is 20.1. The number of ketones is 1. The van der Waals surface area contributed by atoms with E-state index in [1.807, 2.05) is 73.7 Å². The molecule has 0 saturated heterocycles. The quantitative estimate of drug-likeness (QED) is 0.197. The monoisotopic (exact) mass is 617 g/mol. The zero-order valence-corrected chi connectivity index (χ0v) is 24.8. The lowest BCUT2D eigenvalue weighted by atomic mass is 9.69. The van der Waals surface area contributed by atoms with Crippen LogP contribution in [0.2, 0.25) is 0 Å². The maximum absolute atomic E-state index is 13.9. The van der Waals surface area contributed by atoms with E-state index in [1.165, 1.54) is 0 Å². The summed E-state index contributed by atoms with van der Waals surface area (Å²) in [5, 5.41) is 0. The standard InChI is InChI=1S/C33H32BrNO6/c1-20-30(33(37)41-15-14-40-23-12-8-5-9-13-23)31(24-18-28(38-2)29(39-3)19-25(24)34)32-26(35-20)16-22(17-27(32)36)21-10-6-4-7-11-21/h4-13,18-19,22,30-31H,14-17H2,1-3H3/t22-,30?,31-/m1/s1. The number of carbonyl (C=O) groups is 2. The average Bonchev–Trinajstić information content (AvgIpc) is 2.99. The van der Waals surface area contributed by atoms with Crippen molar-refractivity contribution in [3.63, 3.8) is 0 Å². The van der Waals surface area contributed by atoms with Gasteiger partial charge < -0.3 is 18.9 Å². The number of benzene rings is 3. The van der Waals surface area contributed by atoms with E-state index in [9.17, 15) is 9.59 Å². The van der Waals surface area contributed by atoms with E-state index >= 15 is 0 Å². The molecule has 0 radical (unpaired) electrons. The molecule has 1 unspecified atom stereocenters. The van der Waals surface area contributed by atoms with Crippen LogP contribution in [0.15, 0.2) is 93.5 Å². The van der Waals surface area contributed by atoms with E-state index < -0.39 is 17.8 Å². The Morgan fingerprint density at radius 2 is 1.59 bits per heavy atom. The van der Waals surface area contributed by atoms with Crippen molar-refractivity contribution in [2.75, 3.05) is 27.4 Å². The number of aliphatic imine (C=N–C) groups is 1. The second kappa shape index (κ2) is 12.7. The molecule has 0 spiro atoms. The number of allylic oxidation sites excluding steroid dienone is 2. The van der Waals surface area contributed by atoms with E-state index in [4.69, 9.17) is 23.9 Å². The number of hydrogen-bond donors (Lipinski definition) is 0. The largest absolute Gasteiger partial charge is 0.493 e. The van der Waals surface area contributed by atoms with Gasteiger partial charge in [-0.3, -0.25) is 14.6 Å². The van der Waals surface area contributed by atoms with Crippen LogP contribution in [-0.4, -0.2) is 44.9 Å². The van der Waals surface area contributed by atoms with Crippen molar-refractivity contribution >= 4 is 33.4 Å². The Hall–Kier alpha value is -3.91. The summed E-state index contributed by atoms with van der Waals surface area (Å²) in [4.78, 5) is 32.5. The highest BCUT2D eigenvalue weighted by Gasteiger charge is 2.45. The van der Waals surface area contributed by atoms with Crippen LogP contribution in [0.5, 0.6) is 17.2 Å². The third-order valence-electron chi connectivity index (χ3n) is 7.59. The molecule has 3 atom stereocenters. The molecule has 3 aromatic rings. The predicted octanol–water partition coefficient (Wildman–Crippen LogP) is 6.66. The minimum Gasteiger partial charge on any atom is -0.493 e. The van der Waals surface area contributed by atoms with Gasteiger partial charge in [0, 0.05) is 33.8 Å². The maximum Gasteiger partial charge on any atom is 0.315 e. The first-order valence-electron chi connectivity index (χ1n) is 13.5. The molecule has 7 nitrogen and oxygen atoms in total. The Morgan fingerprint density at radius 1 is 0.927 bits per heavy atom. The Labute approximate surface area is 248 Å². The van der Waals surface area contributed by atoms with Crippen molar-refractivity contribution in [1.82, 2.24) is 0 Å². The van der Waals surface area contributed by atoms with Crippen LogP contribution in [0.3, 0.4) is 0 Å². The first-order valence-corrected chi connectivity index (χ1v) is 14.3. The fraction of sp³-hybridized carbons (Fsp3) is 0.303. The van der Waals surface area contributed by atoms with Gasteiger partial charge in [-0.15, -0.1) is 0 Å². The van der Waals surface area contributed by atoms with Crippen molar-refractivity contribution in [3.05, 3.63) is 99.7 Å². The summed E-state index contributed by atoms with van der Waals surface area (Å²) in [5.41, 5.74) is 3.71. The zero-order chi connectivity index (χ0) is 28.9. The van der Waals surface area contributed by atoms with Crippen LogP contribution in [0.4, 0.5) is 0 Å². The predicted molar refractivity (Wildman–Crippen MR) is 160 cm³/mol. The third-order valence-corrected chi connectivity index (χ3v) is 8.28. The maximum atomic E-state index is 13.9. The Balaban J connectivity index is 1.49. The summed E-state index contributed by atoms with van der Waals surface area (Å²) in [6.07, 6.45) is 0.946. The van der Waals surface area contributed by atoms with Gasteiger partial charge in [-0.05, 0) is 54.7 Å². The van der Waals surface area contributed by atoms with Gasteiger partial charge in [0.1, 0.15) is 24.9 Å². The molecule has 0 bridgehead atoms. The third kappa shape index (κ3) is 6.07.